The van der Waals surface area contributed by atoms with Gasteiger partial charge < -0.3 is 14.8 Å². The van der Waals surface area contributed by atoms with Crippen LogP contribution in [0.4, 0.5) is 5.00 Å². The Kier molecular flexibility index (Phi) is 7.45. The quantitative estimate of drug-likeness (QED) is 0.538. The second-order valence-electron chi connectivity index (χ2n) is 5.09. The first-order valence-corrected chi connectivity index (χ1v) is 10.1. The van der Waals surface area contributed by atoms with Gasteiger partial charge in [-0.3, -0.25) is 10.1 Å². The number of nitrogens with one attached hydrogen (secondary N) is 2. The molecule has 27 heavy (non-hydrogen) atoms. The lowest BCUT2D eigenvalue weighted by Gasteiger charge is -2.09. The Labute approximate surface area is 169 Å². The number of carbonyl (C=O) groups excluding carboxylic acids is 3. The van der Waals surface area contributed by atoms with Crippen LogP contribution >= 0.6 is 34.9 Å². The molecule has 7 nitrogen and oxygen atoms in total. The van der Waals surface area contributed by atoms with Gasteiger partial charge in [-0.05, 0) is 50.0 Å². The highest BCUT2D eigenvalue weighted by atomic mass is 32.1. The normalized spacial score (nSPS) is 10.2. The van der Waals surface area contributed by atoms with Crippen molar-refractivity contribution >= 4 is 62.9 Å². The number of thiocarbonyl (C=S) groups is 1. The lowest BCUT2D eigenvalue weighted by molar-refractivity contribution is 0.0527. The van der Waals surface area contributed by atoms with Gasteiger partial charge in [-0.1, -0.05) is 6.07 Å². The summed E-state index contributed by atoms with van der Waals surface area (Å²) in [7, 11) is 0. The van der Waals surface area contributed by atoms with Crippen molar-refractivity contribution in [2.75, 3.05) is 18.5 Å². The highest BCUT2D eigenvalue weighted by Crippen LogP contribution is 2.34. The fourth-order valence-electron chi connectivity index (χ4n) is 2.15. The zero-order valence-electron chi connectivity index (χ0n) is 14.9. The van der Waals surface area contributed by atoms with E-state index in [1.54, 1.807) is 38.3 Å². The van der Waals surface area contributed by atoms with Crippen molar-refractivity contribution in [3.8, 4) is 0 Å². The van der Waals surface area contributed by atoms with E-state index in [1.165, 1.54) is 11.3 Å². The number of carbonyl (C=O) groups is 3. The van der Waals surface area contributed by atoms with E-state index in [4.69, 9.17) is 21.7 Å². The van der Waals surface area contributed by atoms with E-state index in [2.05, 4.69) is 10.6 Å². The Balaban J connectivity index is 2.26. The van der Waals surface area contributed by atoms with Gasteiger partial charge in [0.1, 0.15) is 9.88 Å². The molecular weight excluding hydrogens is 408 g/mol. The van der Waals surface area contributed by atoms with Gasteiger partial charge in [0, 0.05) is 0 Å². The number of rotatable bonds is 6. The van der Waals surface area contributed by atoms with Crippen LogP contribution in [0.1, 0.15) is 49.1 Å². The van der Waals surface area contributed by atoms with Crippen LogP contribution in [0.2, 0.25) is 0 Å². The van der Waals surface area contributed by atoms with Gasteiger partial charge >= 0.3 is 11.9 Å². The minimum absolute atomic E-state index is 0.00982. The van der Waals surface area contributed by atoms with Crippen molar-refractivity contribution in [3.05, 3.63) is 38.4 Å². The molecule has 2 N–H and O–H groups in total. The molecule has 0 bridgehead atoms. The predicted molar refractivity (Wildman–Crippen MR) is 109 cm³/mol. The molecule has 0 spiro atoms. The van der Waals surface area contributed by atoms with Crippen molar-refractivity contribution in [3.63, 3.8) is 0 Å². The topological polar surface area (TPSA) is 93.7 Å². The van der Waals surface area contributed by atoms with Gasteiger partial charge in [-0.25, -0.2) is 9.59 Å². The molecule has 0 aliphatic rings. The molecular formula is C17H18N2O5S3. The predicted octanol–water partition coefficient (Wildman–Crippen LogP) is 3.60. The molecule has 0 aliphatic carbocycles. The molecule has 2 aromatic heterocycles. The summed E-state index contributed by atoms with van der Waals surface area (Å²) in [6.07, 6.45) is 0. The van der Waals surface area contributed by atoms with E-state index < -0.39 is 11.9 Å². The third kappa shape index (κ3) is 5.12. The molecule has 0 radical (unpaired) electrons. The van der Waals surface area contributed by atoms with Gasteiger partial charge in [-0.2, -0.15) is 0 Å². The summed E-state index contributed by atoms with van der Waals surface area (Å²) in [6, 6.07) is 3.42. The lowest BCUT2D eigenvalue weighted by Crippen LogP contribution is -2.33. The molecule has 0 aliphatic heterocycles. The summed E-state index contributed by atoms with van der Waals surface area (Å²) in [5, 5.41) is 7.45. The maximum atomic E-state index is 12.3. The number of hydrogen-bond donors (Lipinski definition) is 2. The monoisotopic (exact) mass is 426 g/mol. The smallest absolute Gasteiger partial charge is 0.348 e. The number of hydrogen-bond acceptors (Lipinski definition) is 8. The van der Waals surface area contributed by atoms with Gasteiger partial charge in [0.15, 0.2) is 5.11 Å². The van der Waals surface area contributed by atoms with Crippen LogP contribution in [0.5, 0.6) is 0 Å². The molecule has 0 atom stereocenters. The van der Waals surface area contributed by atoms with Crippen LogP contribution in [-0.2, 0) is 9.47 Å². The summed E-state index contributed by atoms with van der Waals surface area (Å²) in [6.45, 7) is 5.41. The molecule has 0 unspecified atom stereocenters. The second-order valence-corrected chi connectivity index (χ2v) is 7.46. The first-order chi connectivity index (χ1) is 12.9. The summed E-state index contributed by atoms with van der Waals surface area (Å²) >= 11 is 7.46. The van der Waals surface area contributed by atoms with Crippen molar-refractivity contribution < 1.29 is 23.9 Å². The summed E-state index contributed by atoms with van der Waals surface area (Å²) in [5.41, 5.74) is 0.629. The zero-order valence-corrected chi connectivity index (χ0v) is 17.4. The molecule has 10 heteroatoms. The second kappa shape index (κ2) is 9.58. The molecule has 0 aromatic carbocycles. The summed E-state index contributed by atoms with van der Waals surface area (Å²) < 4.78 is 10.1. The third-order valence-electron chi connectivity index (χ3n) is 3.29. The average Bonchev–Trinajstić information content (AvgIpc) is 3.23. The molecule has 2 rings (SSSR count). The average molecular weight is 427 g/mol. The van der Waals surface area contributed by atoms with Crippen molar-refractivity contribution in [1.82, 2.24) is 5.32 Å². The molecule has 144 valence electrons. The number of thiophene rings is 2. The minimum atomic E-state index is -0.586. The fraction of sp³-hybridized carbons (Fsp3) is 0.294. The Hall–Kier alpha value is -2.30. The van der Waals surface area contributed by atoms with E-state index in [1.807, 2.05) is 0 Å². The Morgan fingerprint density at radius 2 is 1.81 bits per heavy atom. The number of amides is 1. The van der Waals surface area contributed by atoms with Crippen LogP contribution in [0.25, 0.3) is 0 Å². The lowest BCUT2D eigenvalue weighted by atomic mass is 10.1. The van der Waals surface area contributed by atoms with E-state index in [0.717, 1.165) is 11.3 Å². The Morgan fingerprint density at radius 3 is 2.41 bits per heavy atom. The van der Waals surface area contributed by atoms with Crippen molar-refractivity contribution in [2.24, 2.45) is 0 Å². The molecule has 0 fully saturated rings. The maximum absolute atomic E-state index is 12.3. The van der Waals surface area contributed by atoms with Gasteiger partial charge in [-0.15, -0.1) is 22.7 Å². The van der Waals surface area contributed by atoms with Crippen LogP contribution in [-0.4, -0.2) is 36.2 Å². The molecule has 1 amide bonds. The number of ether oxygens (including phenoxy) is 2. The van der Waals surface area contributed by atoms with Gasteiger partial charge in [0.2, 0.25) is 0 Å². The number of esters is 2. The van der Waals surface area contributed by atoms with Crippen molar-refractivity contribution in [1.29, 1.82) is 0 Å². The van der Waals surface area contributed by atoms with Crippen LogP contribution < -0.4 is 10.6 Å². The first-order valence-electron chi connectivity index (χ1n) is 8.02. The molecule has 0 saturated carbocycles. The van der Waals surface area contributed by atoms with E-state index in [0.29, 0.717) is 15.4 Å². The van der Waals surface area contributed by atoms with Gasteiger partial charge in [0.05, 0.1) is 23.7 Å². The summed E-state index contributed by atoms with van der Waals surface area (Å²) in [4.78, 5) is 37.3. The third-order valence-corrected chi connectivity index (χ3v) is 5.55. The standard InChI is InChI=1S/C17H18N2O5S3/c1-4-23-15(21)11-9(3)12(16(22)24-5-2)27-14(11)19-17(25)18-13(20)10-7-6-8-26-10/h6-8H,4-5H2,1-3H3,(H2,18,19,20,25). The minimum Gasteiger partial charge on any atom is -0.462 e. The van der Waals surface area contributed by atoms with E-state index in [9.17, 15) is 14.4 Å². The Morgan fingerprint density at radius 1 is 1.15 bits per heavy atom. The van der Waals surface area contributed by atoms with Crippen LogP contribution in [0, 0.1) is 6.92 Å². The van der Waals surface area contributed by atoms with Gasteiger partial charge in [0.25, 0.3) is 5.91 Å². The first kappa shape index (κ1) is 21.0. The highest BCUT2D eigenvalue weighted by Gasteiger charge is 2.27. The van der Waals surface area contributed by atoms with E-state index in [-0.39, 0.29) is 34.7 Å². The largest absolute Gasteiger partial charge is 0.462 e. The van der Waals surface area contributed by atoms with Crippen molar-refractivity contribution in [2.45, 2.75) is 20.8 Å². The maximum Gasteiger partial charge on any atom is 0.348 e. The Bertz CT molecular complexity index is 858. The SMILES string of the molecule is CCOC(=O)c1sc(NC(=S)NC(=O)c2cccs2)c(C(=O)OCC)c1C. The molecule has 0 saturated heterocycles. The highest BCUT2D eigenvalue weighted by molar-refractivity contribution is 7.80. The number of anilines is 1. The molecule has 2 aromatic rings. The zero-order chi connectivity index (χ0) is 20.0. The summed E-state index contributed by atoms with van der Waals surface area (Å²) in [5.74, 6) is -1.48. The van der Waals surface area contributed by atoms with Crippen LogP contribution in [0.3, 0.4) is 0 Å². The van der Waals surface area contributed by atoms with E-state index >= 15 is 0 Å². The fourth-order valence-corrected chi connectivity index (χ4v) is 4.12. The van der Waals surface area contributed by atoms with Crippen LogP contribution in [0.15, 0.2) is 17.5 Å². The molecule has 2 heterocycles.